The van der Waals surface area contributed by atoms with Crippen molar-refractivity contribution in [1.82, 2.24) is 4.98 Å². The number of fused-ring (bicyclic) bond motifs is 1. The van der Waals surface area contributed by atoms with E-state index in [9.17, 15) is 4.79 Å². The van der Waals surface area contributed by atoms with Crippen LogP contribution in [0.4, 0.5) is 10.5 Å². The van der Waals surface area contributed by atoms with Gasteiger partial charge in [0.25, 0.3) is 0 Å². The molecule has 0 radical (unpaired) electrons. The molecule has 1 aromatic heterocycles. The number of carboxylic acid groups (broad SMARTS) is 1. The lowest BCUT2D eigenvalue weighted by Crippen LogP contribution is -2.44. The molecule has 16 heavy (non-hydrogen) atoms. The number of nitrogens with zero attached hydrogens (tertiary/aromatic N) is 3. The molecule has 5 heteroatoms. The lowest BCUT2D eigenvalue weighted by molar-refractivity contribution is 0.196. The van der Waals surface area contributed by atoms with Gasteiger partial charge in [-0.25, -0.2) is 9.78 Å². The Morgan fingerprint density at radius 3 is 2.94 bits per heavy atom. The minimum atomic E-state index is -0.991. The molecule has 1 aliphatic heterocycles. The number of hydrogen-bond acceptors (Lipinski definition) is 3. The standard InChI is InChI=1S/C11H11N3O2/c1-11(2)4-7-3-8(5-12)13-6-9(7)14(11)10(15)16/h3,6H,4H2,1-2H3,(H,15,16). The number of hydrogen-bond donors (Lipinski definition) is 1. The Kier molecular flexibility index (Phi) is 2.09. The molecule has 1 aromatic rings. The van der Waals surface area contributed by atoms with Gasteiger partial charge in [0.05, 0.1) is 11.9 Å². The highest BCUT2D eigenvalue weighted by molar-refractivity contribution is 5.90. The van der Waals surface area contributed by atoms with E-state index in [4.69, 9.17) is 10.4 Å². The number of rotatable bonds is 0. The van der Waals surface area contributed by atoms with Crippen molar-refractivity contribution in [3.8, 4) is 6.07 Å². The molecule has 0 fully saturated rings. The van der Waals surface area contributed by atoms with Crippen LogP contribution in [0.2, 0.25) is 0 Å². The molecule has 0 unspecified atom stereocenters. The Hall–Kier alpha value is -2.09. The maximum Gasteiger partial charge on any atom is 0.412 e. The van der Waals surface area contributed by atoms with Crippen molar-refractivity contribution < 1.29 is 9.90 Å². The fourth-order valence-electron chi connectivity index (χ4n) is 2.13. The summed E-state index contributed by atoms with van der Waals surface area (Å²) in [5.41, 5.74) is 1.28. The van der Waals surface area contributed by atoms with E-state index in [2.05, 4.69) is 4.98 Å². The van der Waals surface area contributed by atoms with E-state index in [1.807, 2.05) is 19.9 Å². The largest absolute Gasteiger partial charge is 0.465 e. The van der Waals surface area contributed by atoms with Gasteiger partial charge in [-0.15, -0.1) is 0 Å². The molecule has 1 aliphatic rings. The Bertz CT molecular complexity index is 502. The van der Waals surface area contributed by atoms with E-state index >= 15 is 0 Å². The molecule has 0 atom stereocenters. The highest BCUT2D eigenvalue weighted by Crippen LogP contribution is 2.38. The first-order chi connectivity index (χ1) is 7.45. The van der Waals surface area contributed by atoms with Crippen LogP contribution in [0.3, 0.4) is 0 Å². The van der Waals surface area contributed by atoms with Gasteiger partial charge in [-0.05, 0) is 31.9 Å². The fourth-order valence-corrected chi connectivity index (χ4v) is 2.13. The summed E-state index contributed by atoms with van der Waals surface area (Å²) >= 11 is 0. The van der Waals surface area contributed by atoms with Crippen molar-refractivity contribution in [3.63, 3.8) is 0 Å². The van der Waals surface area contributed by atoms with Crippen molar-refractivity contribution in [2.45, 2.75) is 25.8 Å². The second kappa shape index (κ2) is 3.20. The van der Waals surface area contributed by atoms with E-state index in [1.54, 1.807) is 6.07 Å². The summed E-state index contributed by atoms with van der Waals surface area (Å²) in [5, 5.41) is 17.9. The van der Waals surface area contributed by atoms with Crippen LogP contribution in [0.25, 0.3) is 0 Å². The van der Waals surface area contributed by atoms with Gasteiger partial charge in [-0.1, -0.05) is 0 Å². The monoisotopic (exact) mass is 217 g/mol. The van der Waals surface area contributed by atoms with Crippen molar-refractivity contribution in [2.24, 2.45) is 0 Å². The molecule has 0 spiro atoms. The molecule has 0 saturated heterocycles. The molecule has 0 aromatic carbocycles. The summed E-state index contributed by atoms with van der Waals surface area (Å²) in [6.07, 6.45) is 1.07. The highest BCUT2D eigenvalue weighted by Gasteiger charge is 2.40. The maximum atomic E-state index is 11.2. The van der Waals surface area contributed by atoms with Gasteiger partial charge in [-0.3, -0.25) is 4.90 Å². The van der Waals surface area contributed by atoms with Gasteiger partial charge in [0.2, 0.25) is 0 Å². The van der Waals surface area contributed by atoms with Crippen molar-refractivity contribution >= 4 is 11.8 Å². The molecule has 0 bridgehead atoms. The van der Waals surface area contributed by atoms with E-state index in [1.165, 1.54) is 11.1 Å². The molecular formula is C11H11N3O2. The van der Waals surface area contributed by atoms with Gasteiger partial charge in [0.15, 0.2) is 0 Å². The number of nitriles is 1. The Morgan fingerprint density at radius 1 is 1.69 bits per heavy atom. The molecule has 2 heterocycles. The highest BCUT2D eigenvalue weighted by atomic mass is 16.4. The molecule has 0 aliphatic carbocycles. The van der Waals surface area contributed by atoms with Gasteiger partial charge in [0.1, 0.15) is 11.8 Å². The Labute approximate surface area is 92.9 Å². The van der Waals surface area contributed by atoms with Crippen LogP contribution in [0.1, 0.15) is 25.1 Å². The van der Waals surface area contributed by atoms with Crippen LogP contribution in [-0.4, -0.2) is 21.7 Å². The predicted molar refractivity (Wildman–Crippen MR) is 57.2 cm³/mol. The number of anilines is 1. The van der Waals surface area contributed by atoms with Gasteiger partial charge < -0.3 is 5.11 Å². The number of carbonyl (C=O) groups is 1. The van der Waals surface area contributed by atoms with Crippen molar-refractivity contribution in [1.29, 1.82) is 5.26 Å². The summed E-state index contributed by atoms with van der Waals surface area (Å²) in [6, 6.07) is 3.60. The normalized spacial score (nSPS) is 16.7. The third-order valence-electron chi connectivity index (χ3n) is 2.74. The van der Waals surface area contributed by atoms with Crippen LogP contribution in [0.15, 0.2) is 12.3 Å². The van der Waals surface area contributed by atoms with Crippen LogP contribution in [0, 0.1) is 11.3 Å². The van der Waals surface area contributed by atoms with Crippen molar-refractivity contribution in [3.05, 3.63) is 23.5 Å². The van der Waals surface area contributed by atoms with E-state index in [-0.39, 0.29) is 0 Å². The molecule has 1 amide bonds. The van der Waals surface area contributed by atoms with Gasteiger partial charge >= 0.3 is 6.09 Å². The predicted octanol–water partition coefficient (Wildman–Crippen LogP) is 1.77. The second-order valence-electron chi connectivity index (χ2n) is 4.42. The summed E-state index contributed by atoms with van der Waals surface area (Å²) < 4.78 is 0. The van der Waals surface area contributed by atoms with Gasteiger partial charge in [0, 0.05) is 5.54 Å². The summed E-state index contributed by atoms with van der Waals surface area (Å²) in [5.74, 6) is 0. The zero-order valence-corrected chi connectivity index (χ0v) is 9.06. The SMILES string of the molecule is CC1(C)Cc2cc(C#N)ncc2N1C(=O)O. The number of pyridine rings is 1. The molecule has 2 rings (SSSR count). The van der Waals surface area contributed by atoms with Crippen LogP contribution >= 0.6 is 0 Å². The van der Waals surface area contributed by atoms with Crippen LogP contribution in [0.5, 0.6) is 0 Å². The van der Waals surface area contributed by atoms with E-state index < -0.39 is 11.6 Å². The van der Waals surface area contributed by atoms with E-state index in [0.717, 1.165) is 5.56 Å². The van der Waals surface area contributed by atoms with Crippen molar-refractivity contribution in [2.75, 3.05) is 4.90 Å². The average Bonchev–Trinajstić information content (AvgIpc) is 2.45. The third kappa shape index (κ3) is 1.39. The lowest BCUT2D eigenvalue weighted by atomic mass is 9.99. The number of amides is 1. The Morgan fingerprint density at radius 2 is 2.38 bits per heavy atom. The average molecular weight is 217 g/mol. The second-order valence-corrected chi connectivity index (χ2v) is 4.42. The molecule has 82 valence electrons. The molecule has 1 N–H and O–H groups in total. The quantitative estimate of drug-likeness (QED) is 0.718. The number of aromatic nitrogens is 1. The molecular weight excluding hydrogens is 206 g/mol. The topological polar surface area (TPSA) is 77.2 Å². The summed E-state index contributed by atoms with van der Waals surface area (Å²) in [7, 11) is 0. The van der Waals surface area contributed by atoms with Gasteiger partial charge in [-0.2, -0.15) is 5.26 Å². The zero-order chi connectivity index (χ0) is 11.9. The lowest BCUT2D eigenvalue weighted by Gasteiger charge is -2.28. The summed E-state index contributed by atoms with van der Waals surface area (Å²) in [4.78, 5) is 16.4. The Balaban J connectivity index is 2.55. The smallest absolute Gasteiger partial charge is 0.412 e. The maximum absolute atomic E-state index is 11.2. The van der Waals surface area contributed by atoms with Crippen LogP contribution in [-0.2, 0) is 6.42 Å². The summed E-state index contributed by atoms with van der Waals surface area (Å²) in [6.45, 7) is 3.71. The van der Waals surface area contributed by atoms with Crippen LogP contribution < -0.4 is 4.90 Å². The molecule has 5 nitrogen and oxygen atoms in total. The van der Waals surface area contributed by atoms with E-state index in [0.29, 0.717) is 17.8 Å². The fraction of sp³-hybridized carbons (Fsp3) is 0.364. The first-order valence-corrected chi connectivity index (χ1v) is 4.88. The third-order valence-corrected chi connectivity index (χ3v) is 2.74. The zero-order valence-electron chi connectivity index (χ0n) is 9.06. The minimum Gasteiger partial charge on any atom is -0.465 e. The minimum absolute atomic E-state index is 0.321. The first-order valence-electron chi connectivity index (χ1n) is 4.88. The molecule has 0 saturated carbocycles. The first kappa shape index (κ1) is 10.4.